The third-order valence-electron chi connectivity index (χ3n) is 3.76. The molecule has 1 fully saturated rings. The highest BCUT2D eigenvalue weighted by molar-refractivity contribution is 7.82. The van der Waals surface area contributed by atoms with Crippen molar-refractivity contribution in [1.29, 1.82) is 0 Å². The summed E-state index contributed by atoms with van der Waals surface area (Å²) in [5.74, 6) is 3.06. The van der Waals surface area contributed by atoms with Crippen LogP contribution < -0.4 is 9.47 Å². The van der Waals surface area contributed by atoms with E-state index in [4.69, 9.17) is 43.1 Å². The summed E-state index contributed by atoms with van der Waals surface area (Å²) in [5, 5.41) is 0.358. The van der Waals surface area contributed by atoms with E-state index in [0.29, 0.717) is 45.5 Å². The fraction of sp³-hybridized carbons (Fsp3) is 0.222. The highest BCUT2D eigenvalue weighted by Gasteiger charge is 2.28. The number of ether oxygens (including phenoxy) is 3. The molecule has 1 aromatic carbocycles. The van der Waals surface area contributed by atoms with Gasteiger partial charge in [-0.05, 0) is 43.4 Å². The average molecular weight is 375 g/mol. The number of rotatable bonds is 5. The number of furan rings is 1. The second kappa shape index (κ2) is 7.25. The molecule has 0 spiro atoms. The lowest BCUT2D eigenvalue weighted by Gasteiger charge is -2.10. The molecule has 130 valence electrons. The van der Waals surface area contributed by atoms with E-state index in [2.05, 4.69) is 0 Å². The molecule has 7 heteroatoms. The van der Waals surface area contributed by atoms with Crippen LogP contribution in [0.15, 0.2) is 40.5 Å². The predicted molar refractivity (Wildman–Crippen MR) is 104 cm³/mol. The van der Waals surface area contributed by atoms with Crippen LogP contribution in [0.5, 0.6) is 11.5 Å². The summed E-state index contributed by atoms with van der Waals surface area (Å²) in [7, 11) is 3.21. The Morgan fingerprint density at radius 2 is 1.76 bits per heavy atom. The molecule has 0 amide bonds. The molecule has 0 bridgehead atoms. The first-order chi connectivity index (χ1) is 12.1. The quantitative estimate of drug-likeness (QED) is 0.571. The van der Waals surface area contributed by atoms with Gasteiger partial charge in [0.2, 0.25) is 0 Å². The van der Waals surface area contributed by atoms with E-state index >= 15 is 0 Å². The second-order valence-corrected chi connectivity index (χ2v) is 5.90. The first kappa shape index (κ1) is 17.4. The first-order valence-corrected chi connectivity index (χ1v) is 8.47. The van der Waals surface area contributed by atoms with E-state index in [-0.39, 0.29) is 0 Å². The Labute approximate surface area is 156 Å². The normalized spacial score (nSPS) is 15.6. The van der Waals surface area contributed by atoms with Crippen LogP contribution in [0, 0.1) is 0 Å². The highest BCUT2D eigenvalue weighted by atomic mass is 32.1. The molecule has 1 saturated heterocycles. The van der Waals surface area contributed by atoms with Gasteiger partial charge in [0.1, 0.15) is 28.6 Å². The van der Waals surface area contributed by atoms with E-state index in [1.807, 2.05) is 37.3 Å². The Hall–Kier alpha value is -2.38. The summed E-state index contributed by atoms with van der Waals surface area (Å²) >= 11 is 10.5. The Balaban J connectivity index is 1.96. The van der Waals surface area contributed by atoms with E-state index in [1.54, 1.807) is 25.2 Å². The minimum Gasteiger partial charge on any atom is -0.496 e. The second-order valence-electron chi connectivity index (χ2n) is 5.17. The molecular formula is C18H17NO4S2. The van der Waals surface area contributed by atoms with Gasteiger partial charge in [0.15, 0.2) is 10.7 Å². The topological polar surface area (TPSA) is 44.1 Å². The molecule has 0 saturated carbocycles. The van der Waals surface area contributed by atoms with Crippen LogP contribution in [-0.2, 0) is 4.74 Å². The number of hydrogen-bond donors (Lipinski definition) is 0. The van der Waals surface area contributed by atoms with Crippen molar-refractivity contribution in [2.75, 3.05) is 20.8 Å². The minimum absolute atomic E-state index is 0.358. The van der Waals surface area contributed by atoms with Gasteiger partial charge in [-0.1, -0.05) is 18.3 Å². The lowest BCUT2D eigenvalue weighted by Crippen LogP contribution is -2.26. The van der Waals surface area contributed by atoms with E-state index in [9.17, 15) is 0 Å². The zero-order chi connectivity index (χ0) is 18.0. The summed E-state index contributed by atoms with van der Waals surface area (Å²) in [6, 6.07) is 9.24. The lowest BCUT2D eigenvalue weighted by molar-refractivity contribution is 0.394. The fourth-order valence-corrected chi connectivity index (χ4v) is 3.24. The van der Waals surface area contributed by atoms with E-state index in [1.165, 1.54) is 0 Å². The number of benzene rings is 1. The largest absolute Gasteiger partial charge is 0.496 e. The van der Waals surface area contributed by atoms with Crippen molar-refractivity contribution in [3.63, 3.8) is 0 Å². The third-order valence-corrected chi connectivity index (χ3v) is 4.49. The monoisotopic (exact) mass is 375 g/mol. The maximum atomic E-state index is 5.93. The number of likely N-dealkylation sites (N-methyl/N-ethyl adjacent to an activating group) is 1. The predicted octanol–water partition coefficient (Wildman–Crippen LogP) is 4.27. The van der Waals surface area contributed by atoms with Gasteiger partial charge in [-0.3, -0.25) is 4.90 Å². The molecule has 2 heterocycles. The average Bonchev–Trinajstić information content (AvgIpc) is 3.18. The molecule has 0 radical (unpaired) electrons. The molecule has 0 aliphatic carbocycles. The summed E-state index contributed by atoms with van der Waals surface area (Å²) in [4.78, 5) is 2.31. The molecule has 0 atom stereocenters. The summed E-state index contributed by atoms with van der Waals surface area (Å²) in [6.07, 6.45) is 1.73. The molecule has 3 rings (SSSR count). The van der Waals surface area contributed by atoms with Gasteiger partial charge in [-0.2, -0.15) is 0 Å². The van der Waals surface area contributed by atoms with Crippen LogP contribution in [0.3, 0.4) is 0 Å². The van der Waals surface area contributed by atoms with E-state index in [0.717, 1.165) is 5.56 Å². The van der Waals surface area contributed by atoms with Crippen LogP contribution in [0.25, 0.3) is 17.4 Å². The SMILES string of the molecule is CCN1C(=S)OC(=Cc2ccc(-c3c(OC)cccc3OC)o2)C1=S. The number of hydrogen-bond acceptors (Lipinski definition) is 6. The van der Waals surface area contributed by atoms with Crippen LogP contribution in [0.4, 0.5) is 0 Å². The summed E-state index contributed by atoms with van der Waals surface area (Å²) < 4.78 is 22.3. The van der Waals surface area contributed by atoms with Crippen LogP contribution in [-0.4, -0.2) is 35.8 Å². The van der Waals surface area contributed by atoms with Crippen molar-refractivity contribution in [2.45, 2.75) is 6.92 Å². The maximum Gasteiger partial charge on any atom is 0.270 e. The summed E-state index contributed by atoms with van der Waals surface area (Å²) in [5.41, 5.74) is 0.748. The minimum atomic E-state index is 0.358. The van der Waals surface area contributed by atoms with Gasteiger partial charge < -0.3 is 18.6 Å². The van der Waals surface area contributed by atoms with Gasteiger partial charge in [0.05, 0.1) is 14.2 Å². The van der Waals surface area contributed by atoms with Gasteiger partial charge in [-0.25, -0.2) is 0 Å². The molecule has 2 aromatic rings. The van der Waals surface area contributed by atoms with Gasteiger partial charge in [-0.15, -0.1) is 0 Å². The number of methoxy groups -OCH3 is 2. The van der Waals surface area contributed by atoms with Crippen molar-refractivity contribution < 1.29 is 18.6 Å². The Bertz CT molecular complexity index is 834. The van der Waals surface area contributed by atoms with Crippen molar-refractivity contribution in [3.8, 4) is 22.8 Å². The number of thiocarbonyl (C=S) groups is 2. The van der Waals surface area contributed by atoms with Gasteiger partial charge in [0, 0.05) is 12.6 Å². The van der Waals surface area contributed by atoms with Crippen LogP contribution >= 0.6 is 24.4 Å². The molecule has 5 nitrogen and oxygen atoms in total. The Kier molecular flexibility index (Phi) is 5.06. The zero-order valence-electron chi connectivity index (χ0n) is 14.1. The zero-order valence-corrected chi connectivity index (χ0v) is 15.7. The molecular weight excluding hydrogens is 358 g/mol. The Morgan fingerprint density at radius 1 is 1.08 bits per heavy atom. The van der Waals surface area contributed by atoms with E-state index < -0.39 is 0 Å². The first-order valence-electron chi connectivity index (χ1n) is 7.65. The van der Waals surface area contributed by atoms with Crippen molar-refractivity contribution in [2.24, 2.45) is 0 Å². The van der Waals surface area contributed by atoms with Crippen LogP contribution in [0.1, 0.15) is 12.7 Å². The van der Waals surface area contributed by atoms with Crippen molar-refractivity contribution in [1.82, 2.24) is 4.90 Å². The van der Waals surface area contributed by atoms with Gasteiger partial charge >= 0.3 is 0 Å². The van der Waals surface area contributed by atoms with Gasteiger partial charge in [0.25, 0.3) is 5.17 Å². The molecule has 1 aliphatic heterocycles. The molecule has 1 aromatic heterocycles. The fourth-order valence-electron chi connectivity index (χ4n) is 2.56. The van der Waals surface area contributed by atoms with Crippen molar-refractivity contribution in [3.05, 3.63) is 41.9 Å². The maximum absolute atomic E-state index is 5.93. The third kappa shape index (κ3) is 3.25. The van der Waals surface area contributed by atoms with Crippen molar-refractivity contribution >= 4 is 40.7 Å². The lowest BCUT2D eigenvalue weighted by atomic mass is 10.1. The molecule has 0 unspecified atom stereocenters. The standard InChI is InChI=1S/C18H17NO4S2/c1-4-19-17(24)15(23-18(19)25)10-11-8-9-14(22-11)16-12(20-2)6-5-7-13(16)21-3/h5-10H,4H2,1-3H3. The molecule has 1 aliphatic rings. The summed E-state index contributed by atoms with van der Waals surface area (Å²) in [6.45, 7) is 2.63. The number of nitrogens with zero attached hydrogens (tertiary/aromatic N) is 1. The molecule has 25 heavy (non-hydrogen) atoms. The van der Waals surface area contributed by atoms with Crippen LogP contribution in [0.2, 0.25) is 0 Å². The highest BCUT2D eigenvalue weighted by Crippen LogP contribution is 2.39. The smallest absolute Gasteiger partial charge is 0.270 e. The molecule has 0 N–H and O–H groups in total. The Morgan fingerprint density at radius 3 is 2.32 bits per heavy atom.